The molecule has 0 unspecified atom stereocenters. The fourth-order valence-electron chi connectivity index (χ4n) is 2.15. The molecule has 0 spiro atoms. The Hall–Kier alpha value is -2.40. The molecule has 0 N–H and O–H groups in total. The molecule has 0 amide bonds. The summed E-state index contributed by atoms with van der Waals surface area (Å²) in [5, 5.41) is 11.3. The second-order valence-electron chi connectivity index (χ2n) is 4.43. The smallest absolute Gasteiger partial charge is 0.269 e. The third-order valence-electron chi connectivity index (χ3n) is 3.18. The van der Waals surface area contributed by atoms with Crippen LogP contribution < -0.4 is 0 Å². The van der Waals surface area contributed by atoms with Gasteiger partial charge < -0.3 is 4.57 Å². The van der Waals surface area contributed by atoms with E-state index in [1.54, 1.807) is 18.2 Å². The molecule has 2 aromatic carbocycles. The van der Waals surface area contributed by atoms with E-state index in [4.69, 9.17) is 11.6 Å². The molecule has 3 rings (SSSR count). The molecule has 0 aliphatic rings. The highest BCUT2D eigenvalue weighted by Gasteiger charge is 2.12. The Morgan fingerprint density at radius 1 is 1.20 bits per heavy atom. The summed E-state index contributed by atoms with van der Waals surface area (Å²) in [7, 11) is 1.89. The van der Waals surface area contributed by atoms with Crippen LogP contribution in [0.2, 0.25) is 5.02 Å². The van der Waals surface area contributed by atoms with Gasteiger partial charge in [-0.05, 0) is 30.3 Å². The van der Waals surface area contributed by atoms with E-state index in [0.717, 1.165) is 22.4 Å². The van der Waals surface area contributed by atoms with Gasteiger partial charge in [0.1, 0.15) is 5.82 Å². The van der Waals surface area contributed by atoms with E-state index in [2.05, 4.69) is 4.98 Å². The van der Waals surface area contributed by atoms with Crippen LogP contribution in [0.5, 0.6) is 0 Å². The monoisotopic (exact) mass is 287 g/mol. The van der Waals surface area contributed by atoms with Crippen LogP contribution in [0.15, 0.2) is 42.5 Å². The normalized spacial score (nSPS) is 10.9. The number of rotatable bonds is 2. The van der Waals surface area contributed by atoms with Gasteiger partial charge in [0.2, 0.25) is 0 Å². The van der Waals surface area contributed by atoms with Gasteiger partial charge in [-0.2, -0.15) is 0 Å². The molecule has 0 bridgehead atoms. The van der Waals surface area contributed by atoms with E-state index in [0.29, 0.717) is 5.02 Å². The number of nitro benzene ring substituents is 1. The van der Waals surface area contributed by atoms with Gasteiger partial charge in [-0.1, -0.05) is 11.6 Å². The molecule has 0 saturated carbocycles. The maximum atomic E-state index is 10.7. The van der Waals surface area contributed by atoms with Crippen LogP contribution in [0.1, 0.15) is 0 Å². The van der Waals surface area contributed by atoms with E-state index < -0.39 is 4.92 Å². The van der Waals surface area contributed by atoms with Gasteiger partial charge in [0.05, 0.1) is 16.0 Å². The summed E-state index contributed by atoms with van der Waals surface area (Å²) in [4.78, 5) is 14.8. The van der Waals surface area contributed by atoms with E-state index >= 15 is 0 Å². The first-order valence-corrected chi connectivity index (χ1v) is 6.31. The number of imidazole rings is 1. The van der Waals surface area contributed by atoms with Crippen molar-refractivity contribution in [3.05, 3.63) is 57.6 Å². The number of hydrogen-bond donors (Lipinski definition) is 0. The molecule has 1 aromatic heterocycles. The number of nitrogens with zero attached hydrogens (tertiary/aromatic N) is 3. The van der Waals surface area contributed by atoms with Crippen molar-refractivity contribution in [1.82, 2.24) is 9.55 Å². The molecule has 6 heteroatoms. The van der Waals surface area contributed by atoms with Crippen molar-refractivity contribution >= 4 is 28.3 Å². The number of nitro groups is 1. The number of fused-ring (bicyclic) bond motifs is 1. The van der Waals surface area contributed by atoms with Gasteiger partial charge >= 0.3 is 0 Å². The lowest BCUT2D eigenvalue weighted by molar-refractivity contribution is -0.384. The molecule has 0 aliphatic carbocycles. The van der Waals surface area contributed by atoms with Crippen molar-refractivity contribution < 1.29 is 4.92 Å². The summed E-state index contributed by atoms with van der Waals surface area (Å²) in [6.07, 6.45) is 0. The molecule has 1 heterocycles. The SMILES string of the molecule is Cn1c(-c2ccc([N+](=O)[O-])cc2)nc2ccc(Cl)cc21. The topological polar surface area (TPSA) is 61.0 Å². The quantitative estimate of drug-likeness (QED) is 0.532. The predicted octanol–water partition coefficient (Wildman–Crippen LogP) is 3.80. The summed E-state index contributed by atoms with van der Waals surface area (Å²) in [5.74, 6) is 0.747. The molecule has 0 atom stereocenters. The molecular weight excluding hydrogens is 278 g/mol. The second kappa shape index (κ2) is 4.61. The summed E-state index contributed by atoms with van der Waals surface area (Å²) in [6, 6.07) is 11.8. The van der Waals surface area contributed by atoms with Crippen LogP contribution in [0.4, 0.5) is 5.69 Å². The van der Waals surface area contributed by atoms with Crippen molar-refractivity contribution in [3.8, 4) is 11.4 Å². The standard InChI is InChI=1S/C14H10ClN3O2/c1-17-13-8-10(15)4-7-12(13)16-14(17)9-2-5-11(6-3-9)18(19)20/h2-8H,1H3. The first-order valence-electron chi connectivity index (χ1n) is 5.93. The summed E-state index contributed by atoms with van der Waals surface area (Å²) in [6.45, 7) is 0. The molecule has 0 saturated heterocycles. The first kappa shape index (κ1) is 12.6. The zero-order chi connectivity index (χ0) is 14.3. The summed E-state index contributed by atoms with van der Waals surface area (Å²) < 4.78 is 1.92. The Morgan fingerprint density at radius 2 is 1.90 bits per heavy atom. The lowest BCUT2D eigenvalue weighted by Gasteiger charge is -2.02. The van der Waals surface area contributed by atoms with Gasteiger partial charge in [0, 0.05) is 29.8 Å². The second-order valence-corrected chi connectivity index (χ2v) is 4.87. The minimum Gasteiger partial charge on any atom is -0.327 e. The number of aryl methyl sites for hydroxylation is 1. The van der Waals surface area contributed by atoms with Gasteiger partial charge in [0.15, 0.2) is 0 Å². The van der Waals surface area contributed by atoms with Gasteiger partial charge in [-0.3, -0.25) is 10.1 Å². The van der Waals surface area contributed by atoms with Crippen molar-refractivity contribution in [1.29, 1.82) is 0 Å². The molecular formula is C14H10ClN3O2. The fraction of sp³-hybridized carbons (Fsp3) is 0.0714. The van der Waals surface area contributed by atoms with E-state index in [9.17, 15) is 10.1 Å². The van der Waals surface area contributed by atoms with Gasteiger partial charge in [-0.25, -0.2) is 4.98 Å². The number of hydrogen-bond acceptors (Lipinski definition) is 3. The van der Waals surface area contributed by atoms with Crippen molar-refractivity contribution in [2.45, 2.75) is 0 Å². The third-order valence-corrected chi connectivity index (χ3v) is 3.41. The van der Waals surface area contributed by atoms with E-state index in [1.807, 2.05) is 23.7 Å². The highest BCUT2D eigenvalue weighted by molar-refractivity contribution is 6.31. The maximum absolute atomic E-state index is 10.7. The Kier molecular flexibility index (Phi) is 2.91. The number of aromatic nitrogens is 2. The average Bonchev–Trinajstić information content (AvgIpc) is 2.76. The largest absolute Gasteiger partial charge is 0.327 e. The predicted molar refractivity (Wildman–Crippen MR) is 77.8 cm³/mol. The van der Waals surface area contributed by atoms with Crippen molar-refractivity contribution in [2.75, 3.05) is 0 Å². The third kappa shape index (κ3) is 2.02. The Balaban J connectivity index is 2.14. The van der Waals surface area contributed by atoms with E-state index in [1.165, 1.54) is 12.1 Å². The highest BCUT2D eigenvalue weighted by atomic mass is 35.5. The Labute approximate surface area is 119 Å². The molecule has 0 radical (unpaired) electrons. The van der Waals surface area contributed by atoms with Crippen LogP contribution in [-0.4, -0.2) is 14.5 Å². The molecule has 20 heavy (non-hydrogen) atoms. The fourth-order valence-corrected chi connectivity index (χ4v) is 2.32. The maximum Gasteiger partial charge on any atom is 0.269 e. The summed E-state index contributed by atoms with van der Waals surface area (Å²) >= 11 is 5.99. The number of non-ortho nitro benzene ring substituents is 1. The minimum atomic E-state index is -0.418. The van der Waals surface area contributed by atoms with Gasteiger partial charge in [0.25, 0.3) is 5.69 Å². The summed E-state index contributed by atoms with van der Waals surface area (Å²) in [5.41, 5.74) is 2.65. The van der Waals surface area contributed by atoms with Crippen LogP contribution in [0, 0.1) is 10.1 Å². The minimum absolute atomic E-state index is 0.0653. The van der Waals surface area contributed by atoms with Crippen molar-refractivity contribution in [2.24, 2.45) is 7.05 Å². The van der Waals surface area contributed by atoms with Crippen molar-refractivity contribution in [3.63, 3.8) is 0 Å². The number of benzene rings is 2. The average molecular weight is 288 g/mol. The molecule has 100 valence electrons. The Bertz CT molecular complexity index is 809. The molecule has 0 aliphatic heterocycles. The molecule has 3 aromatic rings. The lowest BCUT2D eigenvalue weighted by Crippen LogP contribution is -1.93. The zero-order valence-corrected chi connectivity index (χ0v) is 11.3. The van der Waals surface area contributed by atoms with Crippen LogP contribution in [-0.2, 0) is 7.05 Å². The highest BCUT2D eigenvalue weighted by Crippen LogP contribution is 2.26. The van der Waals surface area contributed by atoms with E-state index in [-0.39, 0.29) is 5.69 Å². The van der Waals surface area contributed by atoms with Gasteiger partial charge in [-0.15, -0.1) is 0 Å². The van der Waals surface area contributed by atoms with Crippen LogP contribution >= 0.6 is 11.6 Å². The number of halogens is 1. The molecule has 5 nitrogen and oxygen atoms in total. The van der Waals surface area contributed by atoms with Crippen LogP contribution in [0.3, 0.4) is 0 Å². The zero-order valence-electron chi connectivity index (χ0n) is 10.6. The Morgan fingerprint density at radius 3 is 2.55 bits per heavy atom. The molecule has 0 fully saturated rings. The first-order chi connectivity index (χ1) is 9.56. The lowest BCUT2D eigenvalue weighted by atomic mass is 10.2. The van der Waals surface area contributed by atoms with Crippen LogP contribution in [0.25, 0.3) is 22.4 Å².